The van der Waals surface area contributed by atoms with E-state index in [-0.39, 0.29) is 32.0 Å². The van der Waals surface area contributed by atoms with Crippen molar-refractivity contribution in [2.24, 2.45) is 0 Å². The standard InChI is InChI=1S/C29H39N3O6/c1-2-36-27(34)18-31-29(35)30-17-21-6-12-24(13-7-21)28-37-25(19-32-14-4-3-5-15-32)16-26(38-28)23-10-8-22(20-33)9-11-23/h6-13,25-26,28,33H,2-5,14-20H2,1H3,(H2,30,31,35)/t25-,26+,28+/m1/s1. The van der Waals surface area contributed by atoms with Crippen molar-refractivity contribution in [3.05, 3.63) is 70.8 Å². The lowest BCUT2D eigenvalue weighted by Crippen LogP contribution is -2.41. The number of amides is 2. The van der Waals surface area contributed by atoms with Gasteiger partial charge in [0.1, 0.15) is 6.54 Å². The number of urea groups is 1. The molecular weight excluding hydrogens is 486 g/mol. The van der Waals surface area contributed by atoms with E-state index in [0.717, 1.165) is 48.3 Å². The summed E-state index contributed by atoms with van der Waals surface area (Å²) in [6, 6.07) is 15.3. The number of rotatable bonds is 10. The highest BCUT2D eigenvalue weighted by atomic mass is 16.7. The Labute approximate surface area is 224 Å². The van der Waals surface area contributed by atoms with E-state index in [2.05, 4.69) is 15.5 Å². The summed E-state index contributed by atoms with van der Waals surface area (Å²) in [6.45, 7) is 5.26. The average Bonchev–Trinajstić information content (AvgIpc) is 2.96. The zero-order valence-corrected chi connectivity index (χ0v) is 22.1. The number of piperidine rings is 1. The van der Waals surface area contributed by atoms with E-state index in [1.54, 1.807) is 6.92 Å². The van der Waals surface area contributed by atoms with E-state index < -0.39 is 18.3 Å². The molecule has 2 aliphatic rings. The molecule has 2 aromatic rings. The fourth-order valence-corrected chi connectivity index (χ4v) is 4.86. The quantitative estimate of drug-likeness (QED) is 0.407. The van der Waals surface area contributed by atoms with Gasteiger partial charge in [-0.15, -0.1) is 0 Å². The van der Waals surface area contributed by atoms with Crippen molar-refractivity contribution in [1.82, 2.24) is 15.5 Å². The third-order valence-electron chi connectivity index (χ3n) is 6.93. The Morgan fingerprint density at radius 3 is 2.32 bits per heavy atom. The monoisotopic (exact) mass is 525 g/mol. The summed E-state index contributed by atoms with van der Waals surface area (Å²) in [5, 5.41) is 14.6. The van der Waals surface area contributed by atoms with Gasteiger partial charge >= 0.3 is 12.0 Å². The number of benzene rings is 2. The Balaban J connectivity index is 1.38. The van der Waals surface area contributed by atoms with E-state index in [4.69, 9.17) is 14.2 Å². The molecule has 0 radical (unpaired) electrons. The van der Waals surface area contributed by atoms with E-state index >= 15 is 0 Å². The van der Waals surface area contributed by atoms with E-state index in [9.17, 15) is 14.7 Å². The lowest BCUT2D eigenvalue weighted by atomic mass is 9.99. The van der Waals surface area contributed by atoms with Crippen LogP contribution in [0.5, 0.6) is 0 Å². The number of likely N-dealkylation sites (tertiary alicyclic amines) is 1. The second-order valence-corrected chi connectivity index (χ2v) is 9.79. The second-order valence-electron chi connectivity index (χ2n) is 9.79. The summed E-state index contributed by atoms with van der Waals surface area (Å²) in [4.78, 5) is 25.8. The Hall–Kier alpha value is -2.98. The van der Waals surface area contributed by atoms with Crippen LogP contribution in [0.25, 0.3) is 0 Å². The Kier molecular flexibility index (Phi) is 10.5. The van der Waals surface area contributed by atoms with Crippen molar-refractivity contribution in [1.29, 1.82) is 0 Å². The molecule has 9 heteroatoms. The van der Waals surface area contributed by atoms with Crippen molar-refractivity contribution in [3.63, 3.8) is 0 Å². The highest BCUT2D eigenvalue weighted by Gasteiger charge is 2.33. The Morgan fingerprint density at radius 1 is 0.947 bits per heavy atom. The first-order valence-corrected chi connectivity index (χ1v) is 13.5. The molecule has 0 unspecified atom stereocenters. The zero-order chi connectivity index (χ0) is 26.7. The SMILES string of the molecule is CCOC(=O)CNC(=O)NCc1ccc([C@H]2O[C@@H](CN3CCCCC3)C[C@@H](c3ccc(CO)cc3)O2)cc1. The summed E-state index contributed by atoms with van der Waals surface area (Å²) in [6.07, 6.45) is 3.95. The first-order valence-electron chi connectivity index (χ1n) is 13.5. The van der Waals surface area contributed by atoms with Gasteiger partial charge in [-0.3, -0.25) is 4.79 Å². The lowest BCUT2D eigenvalue weighted by Gasteiger charge is -2.39. The molecule has 0 saturated carbocycles. The van der Waals surface area contributed by atoms with Gasteiger partial charge in [0.15, 0.2) is 6.29 Å². The van der Waals surface area contributed by atoms with Gasteiger partial charge in [-0.25, -0.2) is 4.79 Å². The van der Waals surface area contributed by atoms with Crippen molar-refractivity contribution < 1.29 is 28.9 Å². The molecule has 9 nitrogen and oxygen atoms in total. The molecule has 0 aromatic heterocycles. The van der Waals surface area contributed by atoms with E-state index in [1.165, 1.54) is 19.3 Å². The average molecular weight is 526 g/mol. The van der Waals surface area contributed by atoms with Gasteiger partial charge in [0.2, 0.25) is 0 Å². The zero-order valence-electron chi connectivity index (χ0n) is 22.1. The van der Waals surface area contributed by atoms with Crippen molar-refractivity contribution in [3.8, 4) is 0 Å². The topological polar surface area (TPSA) is 109 Å². The van der Waals surface area contributed by atoms with Crippen molar-refractivity contribution in [2.45, 2.75) is 64.3 Å². The third-order valence-corrected chi connectivity index (χ3v) is 6.93. The fourth-order valence-electron chi connectivity index (χ4n) is 4.86. The summed E-state index contributed by atoms with van der Waals surface area (Å²) in [7, 11) is 0. The summed E-state index contributed by atoms with van der Waals surface area (Å²) >= 11 is 0. The third kappa shape index (κ3) is 8.26. The molecule has 0 spiro atoms. The molecular formula is C29H39N3O6. The van der Waals surface area contributed by atoms with Crippen LogP contribution >= 0.6 is 0 Å². The predicted molar refractivity (Wildman–Crippen MR) is 142 cm³/mol. The van der Waals surface area contributed by atoms with Gasteiger partial charge in [-0.05, 0) is 49.5 Å². The van der Waals surface area contributed by atoms with Crippen LogP contribution in [-0.4, -0.2) is 60.9 Å². The maximum Gasteiger partial charge on any atom is 0.325 e. The molecule has 2 saturated heterocycles. The van der Waals surface area contributed by atoms with Gasteiger partial charge in [-0.1, -0.05) is 55.0 Å². The number of hydrogen-bond acceptors (Lipinski definition) is 7. The van der Waals surface area contributed by atoms with Gasteiger partial charge < -0.3 is 34.9 Å². The molecule has 2 aliphatic heterocycles. The predicted octanol–water partition coefficient (Wildman–Crippen LogP) is 3.57. The smallest absolute Gasteiger partial charge is 0.325 e. The van der Waals surface area contributed by atoms with Crippen LogP contribution in [0.1, 0.15) is 67.3 Å². The van der Waals surface area contributed by atoms with Crippen LogP contribution in [0.3, 0.4) is 0 Å². The van der Waals surface area contributed by atoms with E-state index in [1.807, 2.05) is 48.5 Å². The van der Waals surface area contributed by atoms with Crippen molar-refractivity contribution in [2.75, 3.05) is 32.8 Å². The minimum Gasteiger partial charge on any atom is -0.465 e. The van der Waals surface area contributed by atoms with Crippen LogP contribution in [-0.2, 0) is 32.2 Å². The minimum absolute atomic E-state index is 0.0172. The minimum atomic E-state index is -0.504. The molecule has 0 aliphatic carbocycles. The highest BCUT2D eigenvalue weighted by molar-refractivity contribution is 5.80. The second kappa shape index (κ2) is 14.2. The van der Waals surface area contributed by atoms with Crippen LogP contribution in [0.4, 0.5) is 4.79 Å². The molecule has 4 rings (SSSR count). The Bertz CT molecular complexity index is 1020. The lowest BCUT2D eigenvalue weighted by molar-refractivity contribution is -0.253. The molecule has 38 heavy (non-hydrogen) atoms. The number of aliphatic hydroxyl groups is 1. The molecule has 3 N–H and O–H groups in total. The molecule has 0 bridgehead atoms. The number of hydrogen-bond donors (Lipinski definition) is 3. The first-order chi connectivity index (χ1) is 18.5. The number of carbonyl (C=O) groups excluding carboxylic acids is 2. The van der Waals surface area contributed by atoms with Crippen LogP contribution in [0.2, 0.25) is 0 Å². The van der Waals surface area contributed by atoms with Crippen molar-refractivity contribution >= 4 is 12.0 Å². The number of nitrogens with zero attached hydrogens (tertiary/aromatic N) is 1. The maximum absolute atomic E-state index is 12.0. The summed E-state index contributed by atoms with van der Waals surface area (Å²) in [5.41, 5.74) is 3.78. The van der Waals surface area contributed by atoms with Crippen LogP contribution in [0.15, 0.2) is 48.5 Å². The van der Waals surface area contributed by atoms with Gasteiger partial charge in [0.25, 0.3) is 0 Å². The summed E-state index contributed by atoms with van der Waals surface area (Å²) in [5.74, 6) is -0.472. The summed E-state index contributed by atoms with van der Waals surface area (Å²) < 4.78 is 17.7. The van der Waals surface area contributed by atoms with Gasteiger partial charge in [0.05, 0.1) is 25.4 Å². The van der Waals surface area contributed by atoms with Gasteiger partial charge in [0, 0.05) is 25.1 Å². The number of carbonyl (C=O) groups is 2. The molecule has 3 atom stereocenters. The molecule has 2 fully saturated rings. The number of aliphatic hydroxyl groups excluding tert-OH is 1. The molecule has 206 valence electrons. The number of nitrogens with one attached hydrogen (secondary N) is 2. The maximum atomic E-state index is 12.0. The highest BCUT2D eigenvalue weighted by Crippen LogP contribution is 2.38. The normalized spacial score (nSPS) is 22.0. The fraction of sp³-hybridized carbons (Fsp3) is 0.517. The molecule has 2 amide bonds. The van der Waals surface area contributed by atoms with E-state index in [0.29, 0.717) is 6.54 Å². The van der Waals surface area contributed by atoms with Crippen LogP contribution in [0, 0.1) is 0 Å². The van der Waals surface area contributed by atoms with Crippen LogP contribution < -0.4 is 10.6 Å². The number of ether oxygens (including phenoxy) is 3. The Morgan fingerprint density at radius 2 is 1.63 bits per heavy atom. The number of esters is 1. The molecule has 2 heterocycles. The first kappa shape index (κ1) is 28.0. The van der Waals surface area contributed by atoms with Gasteiger partial charge in [-0.2, -0.15) is 0 Å². The largest absolute Gasteiger partial charge is 0.465 e. The molecule has 2 aromatic carbocycles.